The molecule has 0 atom stereocenters. The lowest BCUT2D eigenvalue weighted by Crippen LogP contribution is -2.51. The quantitative estimate of drug-likeness (QED) is 0.807. The Morgan fingerprint density at radius 1 is 1.12 bits per heavy atom. The van der Waals surface area contributed by atoms with E-state index in [2.05, 4.69) is 33.0 Å². The predicted molar refractivity (Wildman–Crippen MR) is 63.5 cm³/mol. The molecule has 2 aliphatic rings. The molecule has 1 aliphatic heterocycles. The van der Waals surface area contributed by atoms with Gasteiger partial charge in [0.15, 0.2) is 0 Å². The fraction of sp³-hybridized carbons (Fsp3) is 0.667. The van der Waals surface area contributed by atoms with E-state index in [-0.39, 0.29) is 0 Å². The highest BCUT2D eigenvalue weighted by molar-refractivity contribution is 5.35. The number of rotatable bonds is 3. The van der Waals surface area contributed by atoms with Gasteiger partial charge in [0.05, 0.1) is 11.7 Å². The number of nitrogens with one attached hydrogen (secondary N) is 2. The van der Waals surface area contributed by atoms with Crippen LogP contribution < -0.4 is 10.6 Å². The van der Waals surface area contributed by atoms with E-state index in [1.807, 2.05) is 0 Å². The molecule has 3 rings (SSSR count). The Kier molecular flexibility index (Phi) is 2.74. The summed E-state index contributed by atoms with van der Waals surface area (Å²) in [6, 6.07) is 4.74. The van der Waals surface area contributed by atoms with Crippen molar-refractivity contribution in [2.24, 2.45) is 0 Å². The molecule has 0 bridgehead atoms. The average molecular weight is 218 g/mol. The van der Waals surface area contributed by atoms with Gasteiger partial charge in [0, 0.05) is 19.0 Å². The summed E-state index contributed by atoms with van der Waals surface area (Å²) in [4.78, 5) is 0. The maximum Gasteiger partial charge on any atom is 0.148 e. The summed E-state index contributed by atoms with van der Waals surface area (Å²) in [5.41, 5.74) is 1.18. The molecule has 2 heterocycles. The zero-order valence-corrected chi connectivity index (χ0v) is 9.45. The van der Waals surface area contributed by atoms with Crippen LogP contribution in [0.4, 0.5) is 5.82 Å². The number of anilines is 1. The van der Waals surface area contributed by atoms with Gasteiger partial charge in [0.1, 0.15) is 5.82 Å². The van der Waals surface area contributed by atoms with E-state index in [4.69, 9.17) is 0 Å². The van der Waals surface area contributed by atoms with Gasteiger partial charge in [-0.1, -0.05) is 12.8 Å². The average Bonchev–Trinajstić information content (AvgIpc) is 2.78. The smallest absolute Gasteiger partial charge is 0.148 e. The fourth-order valence-electron chi connectivity index (χ4n) is 2.46. The van der Waals surface area contributed by atoms with Crippen molar-refractivity contribution in [3.05, 3.63) is 17.8 Å². The van der Waals surface area contributed by atoms with Gasteiger partial charge in [0.2, 0.25) is 0 Å². The van der Waals surface area contributed by atoms with Crippen molar-refractivity contribution in [2.45, 2.75) is 37.6 Å². The largest absolute Gasteiger partial charge is 0.363 e. The Bertz CT molecular complexity index is 339. The summed E-state index contributed by atoms with van der Waals surface area (Å²) in [6.07, 6.45) is 5.27. The molecule has 4 heteroatoms. The molecular formula is C12H18N4. The number of hydrogen-bond donors (Lipinski definition) is 2. The van der Waals surface area contributed by atoms with Crippen LogP contribution in [0.1, 0.15) is 37.3 Å². The van der Waals surface area contributed by atoms with Crippen molar-refractivity contribution in [1.29, 1.82) is 0 Å². The molecule has 0 unspecified atom stereocenters. The Morgan fingerprint density at radius 3 is 2.50 bits per heavy atom. The number of aromatic nitrogens is 2. The van der Waals surface area contributed by atoms with Crippen LogP contribution in [0.15, 0.2) is 12.1 Å². The summed E-state index contributed by atoms with van der Waals surface area (Å²) >= 11 is 0. The van der Waals surface area contributed by atoms with E-state index >= 15 is 0 Å². The van der Waals surface area contributed by atoms with E-state index in [1.54, 1.807) is 0 Å². The van der Waals surface area contributed by atoms with Gasteiger partial charge in [-0.2, -0.15) is 5.10 Å². The van der Waals surface area contributed by atoms with Gasteiger partial charge in [-0.05, 0) is 25.0 Å². The second kappa shape index (κ2) is 4.37. The first-order valence-electron chi connectivity index (χ1n) is 6.23. The topological polar surface area (TPSA) is 49.8 Å². The number of hydrogen-bond acceptors (Lipinski definition) is 4. The third-order valence-corrected chi connectivity index (χ3v) is 3.59. The van der Waals surface area contributed by atoms with Crippen LogP contribution in [0.25, 0.3) is 0 Å². The summed E-state index contributed by atoms with van der Waals surface area (Å²) in [6.45, 7) is 2.07. The van der Waals surface area contributed by atoms with Crippen molar-refractivity contribution < 1.29 is 0 Å². The Labute approximate surface area is 95.8 Å². The molecule has 86 valence electrons. The van der Waals surface area contributed by atoms with Gasteiger partial charge in [-0.15, -0.1) is 5.10 Å². The maximum absolute atomic E-state index is 4.34. The molecule has 0 amide bonds. The standard InChI is InChI=1S/C12H18N4/c1-2-4-9(3-1)11-5-6-12(16-15-11)14-10-7-13-8-10/h5-6,9-10,13H,1-4,7-8H2,(H,14,16). The monoisotopic (exact) mass is 218 g/mol. The van der Waals surface area contributed by atoms with E-state index in [0.29, 0.717) is 12.0 Å². The lowest BCUT2D eigenvalue weighted by Gasteiger charge is -2.28. The molecule has 1 aromatic rings. The van der Waals surface area contributed by atoms with Gasteiger partial charge < -0.3 is 10.6 Å². The lowest BCUT2D eigenvalue weighted by molar-refractivity contribution is 0.470. The SMILES string of the molecule is c1cc(C2CCCC2)nnc1NC1CNC1. The summed E-state index contributed by atoms with van der Waals surface area (Å²) in [5, 5.41) is 15.2. The third-order valence-electron chi connectivity index (χ3n) is 3.59. The van der Waals surface area contributed by atoms with Crippen LogP contribution in [0.3, 0.4) is 0 Å². The molecule has 1 aliphatic carbocycles. The lowest BCUT2D eigenvalue weighted by atomic mass is 10.0. The molecule has 0 aromatic carbocycles. The zero-order valence-electron chi connectivity index (χ0n) is 9.45. The normalized spacial score (nSPS) is 22.0. The van der Waals surface area contributed by atoms with Crippen LogP contribution in [-0.2, 0) is 0 Å². The van der Waals surface area contributed by atoms with Gasteiger partial charge >= 0.3 is 0 Å². The van der Waals surface area contributed by atoms with Crippen LogP contribution >= 0.6 is 0 Å². The van der Waals surface area contributed by atoms with Crippen LogP contribution in [0.2, 0.25) is 0 Å². The predicted octanol–water partition coefficient (Wildman–Crippen LogP) is 1.52. The first-order chi connectivity index (χ1) is 7.92. The Balaban J connectivity index is 1.64. The minimum absolute atomic E-state index is 0.534. The van der Waals surface area contributed by atoms with Crippen molar-refractivity contribution in [3.63, 3.8) is 0 Å². The molecule has 2 N–H and O–H groups in total. The first-order valence-corrected chi connectivity index (χ1v) is 6.23. The van der Waals surface area contributed by atoms with Gasteiger partial charge in [0.25, 0.3) is 0 Å². The minimum Gasteiger partial charge on any atom is -0.363 e. The molecule has 16 heavy (non-hydrogen) atoms. The number of nitrogens with zero attached hydrogens (tertiary/aromatic N) is 2. The van der Waals surface area contributed by atoms with Crippen LogP contribution in [0.5, 0.6) is 0 Å². The maximum atomic E-state index is 4.34. The van der Waals surface area contributed by atoms with Crippen molar-refractivity contribution in [1.82, 2.24) is 15.5 Å². The molecule has 1 saturated heterocycles. The minimum atomic E-state index is 0.534. The summed E-state index contributed by atoms with van der Waals surface area (Å²) < 4.78 is 0. The van der Waals surface area contributed by atoms with Crippen LogP contribution in [0, 0.1) is 0 Å². The van der Waals surface area contributed by atoms with Crippen molar-refractivity contribution in [3.8, 4) is 0 Å². The molecule has 4 nitrogen and oxygen atoms in total. The zero-order chi connectivity index (χ0) is 10.8. The molecule has 1 saturated carbocycles. The molecule has 0 spiro atoms. The first kappa shape index (κ1) is 10.0. The van der Waals surface area contributed by atoms with E-state index in [0.717, 1.165) is 18.9 Å². The summed E-state index contributed by atoms with van der Waals surface area (Å²) in [7, 11) is 0. The highest BCUT2D eigenvalue weighted by Crippen LogP contribution is 2.32. The molecular weight excluding hydrogens is 200 g/mol. The van der Waals surface area contributed by atoms with Crippen molar-refractivity contribution in [2.75, 3.05) is 18.4 Å². The molecule has 0 radical (unpaired) electrons. The van der Waals surface area contributed by atoms with Gasteiger partial charge in [-0.25, -0.2) is 0 Å². The van der Waals surface area contributed by atoms with Gasteiger partial charge in [-0.3, -0.25) is 0 Å². The van der Waals surface area contributed by atoms with E-state index < -0.39 is 0 Å². The molecule has 2 fully saturated rings. The fourth-order valence-corrected chi connectivity index (χ4v) is 2.46. The Morgan fingerprint density at radius 2 is 1.94 bits per heavy atom. The van der Waals surface area contributed by atoms with E-state index in [1.165, 1.54) is 31.4 Å². The van der Waals surface area contributed by atoms with Crippen LogP contribution in [-0.4, -0.2) is 29.3 Å². The highest BCUT2D eigenvalue weighted by atomic mass is 15.2. The summed E-state index contributed by atoms with van der Waals surface area (Å²) in [5.74, 6) is 1.57. The molecule has 1 aromatic heterocycles. The highest BCUT2D eigenvalue weighted by Gasteiger charge is 2.19. The second-order valence-electron chi connectivity index (χ2n) is 4.82. The Hall–Kier alpha value is -1.16. The third kappa shape index (κ3) is 2.02. The second-order valence-corrected chi connectivity index (χ2v) is 4.82. The van der Waals surface area contributed by atoms with Crippen molar-refractivity contribution >= 4 is 5.82 Å². The van der Waals surface area contributed by atoms with E-state index in [9.17, 15) is 0 Å².